The van der Waals surface area contributed by atoms with Crippen molar-refractivity contribution in [2.45, 2.75) is 25.4 Å². The fraction of sp³-hybridized carbons (Fsp3) is 0.269. The molecule has 1 aliphatic carbocycles. The van der Waals surface area contributed by atoms with Crippen LogP contribution in [0.4, 0.5) is 33.2 Å². The lowest BCUT2D eigenvalue weighted by Gasteiger charge is -2.32. The standard InChI is InChI=1S/C26H25FN10O2/c1-14-22(39-15-3-4-16(29-2)18(9-15)35-28)6-5-17(23(14)27)33-25-24-19(31-12-32-25)11-30-26(34-24)37-8-7-36(13-38)20-10-21(20)37/h3-6,9,11-13,20-21,28-29H,7-8,10H2,1-2H3,(H,31,32,33). The summed E-state index contributed by atoms with van der Waals surface area (Å²) in [5.41, 5.74) is 9.93. The number of ether oxygens (including phenoxy) is 1. The largest absolute Gasteiger partial charge is 0.457 e. The smallest absolute Gasteiger partial charge is 0.226 e. The SMILES string of the molecule is CNc1ccc(Oc2ccc(Nc3ncnc4cnc(N5CCN(C=O)C6CC65)nc34)c(F)c2C)cc1N=N. The van der Waals surface area contributed by atoms with E-state index in [1.807, 2.05) is 4.90 Å². The highest BCUT2D eigenvalue weighted by atomic mass is 19.1. The Morgan fingerprint density at radius 3 is 2.79 bits per heavy atom. The summed E-state index contributed by atoms with van der Waals surface area (Å²) in [6.07, 6.45) is 4.78. The van der Waals surface area contributed by atoms with Crippen molar-refractivity contribution in [3.63, 3.8) is 0 Å². The van der Waals surface area contributed by atoms with Crippen LogP contribution in [-0.2, 0) is 4.79 Å². The van der Waals surface area contributed by atoms with Gasteiger partial charge in [0.15, 0.2) is 11.6 Å². The van der Waals surface area contributed by atoms with E-state index < -0.39 is 5.82 Å². The van der Waals surface area contributed by atoms with E-state index in [0.717, 1.165) is 12.8 Å². The predicted molar refractivity (Wildman–Crippen MR) is 143 cm³/mol. The quantitative estimate of drug-likeness (QED) is 0.222. The maximum Gasteiger partial charge on any atom is 0.226 e. The maximum atomic E-state index is 15.5. The van der Waals surface area contributed by atoms with E-state index in [0.29, 0.717) is 64.3 Å². The van der Waals surface area contributed by atoms with Gasteiger partial charge in [-0.3, -0.25) is 4.79 Å². The first kappa shape index (κ1) is 24.4. The van der Waals surface area contributed by atoms with Gasteiger partial charge in [-0.25, -0.2) is 29.9 Å². The van der Waals surface area contributed by atoms with Gasteiger partial charge >= 0.3 is 0 Å². The molecule has 2 fully saturated rings. The van der Waals surface area contributed by atoms with Gasteiger partial charge in [0, 0.05) is 31.8 Å². The number of fused-ring (bicyclic) bond motifs is 2. The van der Waals surface area contributed by atoms with Gasteiger partial charge in [0.2, 0.25) is 12.4 Å². The molecule has 39 heavy (non-hydrogen) atoms. The number of hydrogen-bond acceptors (Lipinski definition) is 11. The van der Waals surface area contributed by atoms with Crippen LogP contribution < -0.4 is 20.3 Å². The molecule has 2 atom stereocenters. The average Bonchev–Trinajstić information content (AvgIpc) is 3.77. The number of hydrogen-bond donors (Lipinski definition) is 3. The molecule has 0 bridgehead atoms. The molecule has 0 spiro atoms. The van der Waals surface area contributed by atoms with Crippen molar-refractivity contribution in [2.24, 2.45) is 5.11 Å². The average molecular weight is 529 g/mol. The number of nitrogens with zero attached hydrogens (tertiary/aromatic N) is 7. The summed E-state index contributed by atoms with van der Waals surface area (Å²) in [5.74, 6) is 1.13. The van der Waals surface area contributed by atoms with Crippen LogP contribution in [0, 0.1) is 18.3 Å². The first-order valence-corrected chi connectivity index (χ1v) is 12.4. The molecule has 1 saturated heterocycles. The Balaban J connectivity index is 1.26. The van der Waals surface area contributed by atoms with Crippen LogP contribution in [0.3, 0.4) is 0 Å². The van der Waals surface area contributed by atoms with E-state index in [-0.39, 0.29) is 17.8 Å². The van der Waals surface area contributed by atoms with Gasteiger partial charge in [-0.05, 0) is 37.6 Å². The summed E-state index contributed by atoms with van der Waals surface area (Å²) >= 11 is 0. The van der Waals surface area contributed by atoms with E-state index in [4.69, 9.17) is 15.3 Å². The van der Waals surface area contributed by atoms with Crippen LogP contribution in [0.1, 0.15) is 12.0 Å². The Kier molecular flexibility index (Phi) is 6.09. The van der Waals surface area contributed by atoms with E-state index in [1.165, 1.54) is 6.33 Å². The second kappa shape index (κ2) is 9.74. The number of carbonyl (C=O) groups is 1. The highest BCUT2D eigenvalue weighted by Crippen LogP contribution is 2.39. The Morgan fingerprint density at radius 1 is 1.15 bits per heavy atom. The summed E-state index contributed by atoms with van der Waals surface area (Å²) in [6.45, 7) is 2.86. The summed E-state index contributed by atoms with van der Waals surface area (Å²) in [7, 11) is 1.74. The fourth-order valence-corrected chi connectivity index (χ4v) is 4.88. The lowest BCUT2D eigenvalue weighted by molar-refractivity contribution is -0.118. The number of halogens is 1. The lowest BCUT2D eigenvalue weighted by Crippen LogP contribution is -2.46. The molecule has 2 aliphatic rings. The summed E-state index contributed by atoms with van der Waals surface area (Å²) in [6, 6.07) is 8.67. The molecule has 1 saturated carbocycles. The van der Waals surface area contributed by atoms with E-state index in [9.17, 15) is 4.79 Å². The predicted octanol–water partition coefficient (Wildman–Crippen LogP) is 4.53. The minimum atomic E-state index is -0.503. The van der Waals surface area contributed by atoms with Gasteiger partial charge in [0.1, 0.15) is 34.5 Å². The van der Waals surface area contributed by atoms with E-state index in [2.05, 4.69) is 35.6 Å². The number of rotatable bonds is 8. The number of anilines is 4. The van der Waals surface area contributed by atoms with Crippen molar-refractivity contribution in [3.05, 3.63) is 54.2 Å². The molecule has 2 aromatic carbocycles. The van der Waals surface area contributed by atoms with Crippen LogP contribution >= 0.6 is 0 Å². The number of benzene rings is 2. The van der Waals surface area contributed by atoms with Gasteiger partial charge in [0.25, 0.3) is 0 Å². The molecule has 3 heterocycles. The van der Waals surface area contributed by atoms with Crippen molar-refractivity contribution in [2.75, 3.05) is 35.7 Å². The molecule has 0 radical (unpaired) electrons. The zero-order valence-corrected chi connectivity index (χ0v) is 21.2. The Labute approximate surface area is 222 Å². The lowest BCUT2D eigenvalue weighted by atomic mass is 10.1. The molecule has 12 nitrogen and oxygen atoms in total. The van der Waals surface area contributed by atoms with E-state index in [1.54, 1.807) is 50.5 Å². The fourth-order valence-electron chi connectivity index (χ4n) is 4.88. The van der Waals surface area contributed by atoms with Gasteiger partial charge in [-0.15, -0.1) is 0 Å². The first-order valence-electron chi connectivity index (χ1n) is 12.4. The second-order valence-electron chi connectivity index (χ2n) is 9.35. The number of aromatic nitrogens is 4. The topological polar surface area (TPSA) is 145 Å². The first-order chi connectivity index (χ1) is 19.0. The summed E-state index contributed by atoms with van der Waals surface area (Å²) in [5, 5.41) is 9.51. The third kappa shape index (κ3) is 4.41. The number of nitrogens with one attached hydrogen (secondary N) is 3. The van der Waals surface area contributed by atoms with Crippen molar-refractivity contribution < 1.29 is 13.9 Å². The van der Waals surface area contributed by atoms with Gasteiger partial charge in [-0.1, -0.05) is 0 Å². The molecule has 6 rings (SSSR count). The maximum absolute atomic E-state index is 15.5. The molecule has 3 N–H and O–H groups in total. The summed E-state index contributed by atoms with van der Waals surface area (Å²) < 4.78 is 21.4. The molecule has 198 valence electrons. The number of amides is 1. The van der Waals surface area contributed by atoms with Crippen LogP contribution in [0.2, 0.25) is 0 Å². The third-order valence-electron chi connectivity index (χ3n) is 7.08. The van der Waals surface area contributed by atoms with Gasteiger partial charge < -0.3 is 25.2 Å². The van der Waals surface area contributed by atoms with Crippen LogP contribution in [0.15, 0.2) is 48.0 Å². The zero-order chi connectivity index (χ0) is 27.1. The normalized spacial score (nSPS) is 17.9. The second-order valence-corrected chi connectivity index (χ2v) is 9.35. The van der Waals surface area contributed by atoms with Crippen molar-refractivity contribution in [1.82, 2.24) is 24.8 Å². The van der Waals surface area contributed by atoms with Crippen molar-refractivity contribution in [3.8, 4) is 11.5 Å². The van der Waals surface area contributed by atoms with E-state index >= 15 is 4.39 Å². The van der Waals surface area contributed by atoms with Gasteiger partial charge in [-0.2, -0.15) is 5.11 Å². The Hall–Kier alpha value is -4.94. The minimum Gasteiger partial charge on any atom is -0.457 e. The molecule has 2 aromatic heterocycles. The van der Waals surface area contributed by atoms with Crippen LogP contribution in [-0.4, -0.2) is 63.5 Å². The zero-order valence-electron chi connectivity index (χ0n) is 21.2. The number of piperazine rings is 1. The minimum absolute atomic E-state index is 0.187. The van der Waals surface area contributed by atoms with Gasteiger partial charge in [0.05, 0.1) is 29.7 Å². The molecular formula is C26H25FN10O2. The van der Waals surface area contributed by atoms with Crippen LogP contribution in [0.5, 0.6) is 11.5 Å². The van der Waals surface area contributed by atoms with Crippen molar-refractivity contribution >= 4 is 46.3 Å². The van der Waals surface area contributed by atoms with Crippen molar-refractivity contribution in [1.29, 1.82) is 5.53 Å². The highest BCUT2D eigenvalue weighted by molar-refractivity contribution is 5.87. The summed E-state index contributed by atoms with van der Waals surface area (Å²) in [4.78, 5) is 33.0. The monoisotopic (exact) mass is 528 g/mol. The number of carbonyl (C=O) groups excluding carboxylic acids is 1. The molecule has 13 heteroatoms. The Bertz CT molecular complexity index is 1600. The van der Waals surface area contributed by atoms with Crippen LogP contribution in [0.25, 0.3) is 11.0 Å². The highest BCUT2D eigenvalue weighted by Gasteiger charge is 2.49. The third-order valence-corrected chi connectivity index (χ3v) is 7.08. The Morgan fingerprint density at radius 2 is 2.00 bits per heavy atom. The molecule has 1 amide bonds. The molecular weight excluding hydrogens is 503 g/mol. The molecule has 2 unspecified atom stereocenters. The molecule has 4 aromatic rings. The molecule has 1 aliphatic heterocycles.